The van der Waals surface area contributed by atoms with Gasteiger partial charge in [0.15, 0.2) is 0 Å². The summed E-state index contributed by atoms with van der Waals surface area (Å²) in [5.41, 5.74) is 1.89. The molecule has 8 heteroatoms. The minimum Gasteiger partial charge on any atom is -0.356 e. The lowest BCUT2D eigenvalue weighted by molar-refractivity contribution is -0.121. The van der Waals surface area contributed by atoms with Crippen LogP contribution in [0.1, 0.15) is 30.9 Å². The first-order chi connectivity index (χ1) is 13.0. The molecule has 0 N–H and O–H groups in total. The number of anilines is 1. The predicted octanol–water partition coefficient (Wildman–Crippen LogP) is 2.82. The van der Waals surface area contributed by atoms with Crippen LogP contribution in [-0.4, -0.2) is 44.1 Å². The van der Waals surface area contributed by atoms with Crippen molar-refractivity contribution < 1.29 is 4.79 Å². The van der Waals surface area contributed by atoms with Crippen LogP contribution in [0.3, 0.4) is 0 Å². The van der Waals surface area contributed by atoms with Crippen LogP contribution in [0.15, 0.2) is 28.0 Å². The van der Waals surface area contributed by atoms with E-state index in [1.807, 2.05) is 26.0 Å². The van der Waals surface area contributed by atoms with Crippen molar-refractivity contribution in [1.29, 1.82) is 0 Å². The number of hydrogen-bond donors (Lipinski definition) is 0. The molecule has 2 aliphatic rings. The molecule has 4 heterocycles. The summed E-state index contributed by atoms with van der Waals surface area (Å²) in [5.74, 6) is 0.511. The topological polar surface area (TPSA) is 57.9 Å². The number of carbonyl (C=O) groups is 1. The second-order valence-corrected chi connectivity index (χ2v) is 8.38. The quantitative estimate of drug-likeness (QED) is 0.583. The third kappa shape index (κ3) is 3.17. The lowest BCUT2D eigenvalue weighted by Crippen LogP contribution is -2.28. The summed E-state index contributed by atoms with van der Waals surface area (Å²) in [6.45, 7) is 6.08. The van der Waals surface area contributed by atoms with E-state index in [-0.39, 0.29) is 11.5 Å². The molecule has 140 valence electrons. The first kappa shape index (κ1) is 18.2. The average molecular weight is 401 g/mol. The van der Waals surface area contributed by atoms with Crippen LogP contribution >= 0.6 is 24.0 Å². The van der Waals surface area contributed by atoms with Gasteiger partial charge in [-0.15, -0.1) is 0 Å². The van der Waals surface area contributed by atoms with E-state index in [4.69, 9.17) is 17.2 Å². The van der Waals surface area contributed by atoms with E-state index in [9.17, 15) is 9.59 Å². The Kier molecular flexibility index (Phi) is 4.77. The Bertz CT molecular complexity index is 1040. The number of aryl methyl sites for hydroxylation is 1. The molecule has 0 radical (unpaired) electrons. The summed E-state index contributed by atoms with van der Waals surface area (Å²) < 4.78 is 2.09. The van der Waals surface area contributed by atoms with Crippen molar-refractivity contribution in [2.75, 3.05) is 24.5 Å². The molecule has 2 aromatic rings. The smallest absolute Gasteiger partial charge is 0.267 e. The Morgan fingerprint density at radius 2 is 2.00 bits per heavy atom. The Balaban J connectivity index is 1.92. The summed E-state index contributed by atoms with van der Waals surface area (Å²) in [5, 5.41) is 0. The van der Waals surface area contributed by atoms with Crippen LogP contribution in [0.2, 0.25) is 0 Å². The fraction of sp³-hybridized carbons (Fsp3) is 0.368. The number of pyridine rings is 1. The van der Waals surface area contributed by atoms with Crippen molar-refractivity contribution in [2.24, 2.45) is 0 Å². The van der Waals surface area contributed by atoms with E-state index in [1.54, 1.807) is 21.6 Å². The Morgan fingerprint density at radius 1 is 1.26 bits per heavy atom. The van der Waals surface area contributed by atoms with Gasteiger partial charge in [-0.25, -0.2) is 4.98 Å². The van der Waals surface area contributed by atoms with Gasteiger partial charge in [0.25, 0.3) is 11.5 Å². The zero-order valence-electron chi connectivity index (χ0n) is 15.3. The van der Waals surface area contributed by atoms with E-state index in [0.29, 0.717) is 32.8 Å². The van der Waals surface area contributed by atoms with E-state index in [1.165, 1.54) is 11.8 Å². The summed E-state index contributed by atoms with van der Waals surface area (Å²) in [6, 6.07) is 3.80. The van der Waals surface area contributed by atoms with Crippen LogP contribution in [0, 0.1) is 6.92 Å². The number of amides is 1. The molecule has 4 rings (SSSR count). The van der Waals surface area contributed by atoms with Crippen molar-refractivity contribution in [3.63, 3.8) is 0 Å². The minimum absolute atomic E-state index is 0.145. The van der Waals surface area contributed by atoms with Gasteiger partial charge in [0.1, 0.15) is 15.8 Å². The Hall–Kier alpha value is -2.19. The second-order valence-electron chi connectivity index (χ2n) is 6.71. The van der Waals surface area contributed by atoms with Crippen LogP contribution in [0.4, 0.5) is 5.82 Å². The maximum Gasteiger partial charge on any atom is 0.267 e. The minimum atomic E-state index is -0.160. The normalized spacial score (nSPS) is 19.1. The first-order valence-corrected chi connectivity index (χ1v) is 10.3. The number of rotatable bonds is 3. The molecule has 1 amide bonds. The maximum atomic E-state index is 13.3. The molecule has 6 nitrogen and oxygen atoms in total. The first-order valence-electron chi connectivity index (χ1n) is 9.03. The van der Waals surface area contributed by atoms with Crippen LogP contribution in [0.5, 0.6) is 0 Å². The summed E-state index contributed by atoms with van der Waals surface area (Å²) >= 11 is 6.54. The summed E-state index contributed by atoms with van der Waals surface area (Å²) in [6.07, 6.45) is 5.61. The molecule has 0 aromatic carbocycles. The number of thiocarbonyl (C=S) groups is 1. The van der Waals surface area contributed by atoms with Gasteiger partial charge in [-0.1, -0.05) is 30.0 Å². The number of thioether (sulfide) groups is 1. The van der Waals surface area contributed by atoms with Gasteiger partial charge in [-0.3, -0.25) is 18.9 Å². The van der Waals surface area contributed by atoms with Crippen molar-refractivity contribution in [2.45, 2.75) is 26.7 Å². The number of aromatic nitrogens is 2. The number of carbonyl (C=O) groups excluding carboxylic acids is 1. The SMILES string of the molecule is CCN1C(=O)C(=Cc2c(N3CCCC3)nc3ccc(C)cn3c2=O)SC1=S. The van der Waals surface area contributed by atoms with Gasteiger partial charge in [-0.05, 0) is 44.4 Å². The number of hydrogen-bond acceptors (Lipinski definition) is 6. The van der Waals surface area contributed by atoms with Gasteiger partial charge in [0.2, 0.25) is 0 Å². The van der Waals surface area contributed by atoms with Crippen LogP contribution < -0.4 is 10.5 Å². The molecule has 0 aliphatic carbocycles. The van der Waals surface area contributed by atoms with E-state index >= 15 is 0 Å². The van der Waals surface area contributed by atoms with Gasteiger partial charge in [0, 0.05) is 25.8 Å². The van der Waals surface area contributed by atoms with Crippen molar-refractivity contribution in [3.8, 4) is 0 Å². The second kappa shape index (κ2) is 7.09. The molecule has 27 heavy (non-hydrogen) atoms. The molecule has 2 aromatic heterocycles. The van der Waals surface area contributed by atoms with E-state index < -0.39 is 0 Å². The van der Waals surface area contributed by atoms with Gasteiger partial charge in [-0.2, -0.15) is 0 Å². The maximum absolute atomic E-state index is 13.3. The molecule has 2 saturated heterocycles. The molecule has 0 atom stereocenters. The van der Waals surface area contributed by atoms with Gasteiger partial charge < -0.3 is 4.90 Å². The molecule has 0 bridgehead atoms. The molecule has 0 unspecified atom stereocenters. The van der Waals surface area contributed by atoms with E-state index in [0.717, 1.165) is 31.5 Å². The highest BCUT2D eigenvalue weighted by atomic mass is 32.2. The van der Waals surface area contributed by atoms with Crippen molar-refractivity contribution in [3.05, 3.63) is 44.7 Å². The fourth-order valence-electron chi connectivity index (χ4n) is 3.45. The van der Waals surface area contributed by atoms with Crippen molar-refractivity contribution >= 4 is 51.7 Å². The predicted molar refractivity (Wildman–Crippen MR) is 113 cm³/mol. The Morgan fingerprint density at radius 3 is 2.67 bits per heavy atom. The van der Waals surface area contributed by atoms with E-state index in [2.05, 4.69) is 4.90 Å². The molecule has 0 saturated carbocycles. The number of likely N-dealkylation sites (N-methyl/N-ethyl adjacent to an activating group) is 1. The lowest BCUT2D eigenvalue weighted by atomic mass is 10.2. The van der Waals surface area contributed by atoms with Gasteiger partial charge in [0.05, 0.1) is 10.5 Å². The monoisotopic (exact) mass is 400 g/mol. The number of nitrogens with zero attached hydrogens (tertiary/aromatic N) is 4. The standard InChI is InChI=1S/C19H20N4O2S2/c1-3-22-18(25)14(27-19(22)26)10-13-16(21-8-4-5-9-21)20-15-7-6-12(2)11-23(15)17(13)24/h6-7,10-11H,3-5,8-9H2,1-2H3. The highest BCUT2D eigenvalue weighted by molar-refractivity contribution is 8.26. The highest BCUT2D eigenvalue weighted by Crippen LogP contribution is 2.33. The van der Waals surface area contributed by atoms with Gasteiger partial charge >= 0.3 is 0 Å². The zero-order chi connectivity index (χ0) is 19.1. The molecular formula is C19H20N4O2S2. The zero-order valence-corrected chi connectivity index (χ0v) is 16.9. The average Bonchev–Trinajstić information content (AvgIpc) is 3.26. The molecule has 2 fully saturated rings. The summed E-state index contributed by atoms with van der Waals surface area (Å²) in [4.78, 5) is 34.8. The third-order valence-electron chi connectivity index (χ3n) is 4.86. The summed E-state index contributed by atoms with van der Waals surface area (Å²) in [7, 11) is 0. The third-order valence-corrected chi connectivity index (χ3v) is 6.23. The fourth-order valence-corrected chi connectivity index (χ4v) is 4.81. The lowest BCUT2D eigenvalue weighted by Gasteiger charge is -2.19. The van der Waals surface area contributed by atoms with Crippen LogP contribution in [0.25, 0.3) is 11.7 Å². The molecule has 0 spiro atoms. The Labute approximate surface area is 166 Å². The van der Waals surface area contributed by atoms with Crippen LogP contribution in [-0.2, 0) is 4.79 Å². The van der Waals surface area contributed by atoms with Crippen molar-refractivity contribution in [1.82, 2.24) is 14.3 Å². The molecular weight excluding hydrogens is 380 g/mol. The molecule has 2 aliphatic heterocycles. The highest BCUT2D eigenvalue weighted by Gasteiger charge is 2.32. The largest absolute Gasteiger partial charge is 0.356 e. The number of fused-ring (bicyclic) bond motifs is 1.